The predicted molar refractivity (Wildman–Crippen MR) is 150 cm³/mol. The van der Waals surface area contributed by atoms with Gasteiger partial charge in [-0.25, -0.2) is 15.0 Å². The maximum atomic E-state index is 13.0. The van der Waals surface area contributed by atoms with Gasteiger partial charge in [0.15, 0.2) is 5.52 Å². The number of hydrogen-bond acceptors (Lipinski definition) is 10. The number of aryl methyl sites for hydroxylation is 1. The maximum absolute atomic E-state index is 13.0. The van der Waals surface area contributed by atoms with Crippen LogP contribution in [0.1, 0.15) is 36.7 Å². The third-order valence-electron chi connectivity index (χ3n) is 5.83. The second-order valence-corrected chi connectivity index (χ2v) is 10.3. The van der Waals surface area contributed by atoms with Gasteiger partial charge in [-0.2, -0.15) is 4.98 Å². The number of amides is 1. The molecule has 0 atom stereocenters. The van der Waals surface area contributed by atoms with E-state index in [1.54, 1.807) is 31.5 Å². The third kappa shape index (κ3) is 7.22. The van der Waals surface area contributed by atoms with Gasteiger partial charge < -0.3 is 30.6 Å². The van der Waals surface area contributed by atoms with Gasteiger partial charge in [0.05, 0.1) is 6.20 Å². The molecule has 0 saturated heterocycles. The summed E-state index contributed by atoms with van der Waals surface area (Å²) in [5, 5.41) is 14.0. The van der Waals surface area contributed by atoms with Crippen molar-refractivity contribution in [1.29, 1.82) is 5.41 Å². The number of likely N-dealkylation sites (N-methyl/N-ethyl adjacent to an activating group) is 2. The molecule has 3 N–H and O–H groups in total. The summed E-state index contributed by atoms with van der Waals surface area (Å²) in [5.41, 5.74) is 2.29. The predicted octanol–water partition coefficient (Wildman–Crippen LogP) is 3.37. The lowest BCUT2D eigenvalue weighted by molar-refractivity contribution is 0.0963. The molecule has 1 aromatic carbocycles. The quantitative estimate of drug-likeness (QED) is 0.345. The molecule has 0 fully saturated rings. The van der Waals surface area contributed by atoms with Crippen LogP contribution in [-0.4, -0.2) is 77.7 Å². The van der Waals surface area contributed by atoms with Crippen molar-refractivity contribution in [1.82, 2.24) is 35.5 Å². The lowest BCUT2D eigenvalue weighted by Gasteiger charge is -2.19. The molecular formula is C27H37N9O2. The molecule has 0 aliphatic carbocycles. The Bertz CT molecular complexity index is 1350. The van der Waals surface area contributed by atoms with E-state index in [1.807, 2.05) is 59.8 Å². The summed E-state index contributed by atoms with van der Waals surface area (Å²) in [6.45, 7) is 9.31. The average molecular weight is 520 g/mol. The molecule has 0 unspecified atom stereocenters. The number of nitrogens with zero attached hydrogens (tertiary/aromatic N) is 6. The van der Waals surface area contributed by atoms with Crippen LogP contribution in [0.4, 0.5) is 5.95 Å². The molecule has 3 rings (SSSR count). The first kappa shape index (κ1) is 28.5. The van der Waals surface area contributed by atoms with Crippen LogP contribution < -0.4 is 20.3 Å². The van der Waals surface area contributed by atoms with Crippen molar-refractivity contribution in [3.05, 3.63) is 53.7 Å². The van der Waals surface area contributed by atoms with Gasteiger partial charge in [-0.3, -0.25) is 4.79 Å². The number of allylic oxidation sites excluding steroid dienone is 1. The number of carbonyl (C=O) groups is 1. The summed E-state index contributed by atoms with van der Waals surface area (Å²) in [7, 11) is 7.65. The molecule has 0 aliphatic heterocycles. The maximum Gasteiger partial charge on any atom is 0.256 e. The summed E-state index contributed by atoms with van der Waals surface area (Å²) in [6.07, 6.45) is 4.66. The Morgan fingerprint density at radius 2 is 1.87 bits per heavy atom. The Morgan fingerprint density at radius 1 is 1.13 bits per heavy atom. The highest BCUT2D eigenvalue weighted by atomic mass is 16.5. The van der Waals surface area contributed by atoms with Gasteiger partial charge in [0, 0.05) is 43.9 Å². The largest absolute Gasteiger partial charge is 0.437 e. The van der Waals surface area contributed by atoms with E-state index in [1.165, 1.54) is 6.33 Å². The molecular weight excluding hydrogens is 482 g/mol. The van der Waals surface area contributed by atoms with Crippen LogP contribution in [0.3, 0.4) is 0 Å². The van der Waals surface area contributed by atoms with E-state index >= 15 is 0 Å². The van der Waals surface area contributed by atoms with Crippen molar-refractivity contribution in [2.75, 3.05) is 46.2 Å². The number of aromatic nitrogens is 4. The van der Waals surface area contributed by atoms with Gasteiger partial charge in [-0.15, -0.1) is 0 Å². The van der Waals surface area contributed by atoms with Crippen LogP contribution in [0.5, 0.6) is 11.6 Å². The summed E-state index contributed by atoms with van der Waals surface area (Å²) in [6, 6.07) is 5.19. The standard InChI is InChI=1S/C27H37N9O2/c1-17-9-10-18(24(37)33-22(29-5)14-21(28)27(2,3)4)13-20(17)38-25-23-19(31-16-32-25)15-30-26(34-23)36(8)12-11-35(6)7/h9-10,13-16,28-29H,11-12H2,1-8H3,(H,33,37)/b22-14+,28-21?. The first-order chi connectivity index (χ1) is 17.9. The molecule has 3 aromatic rings. The summed E-state index contributed by atoms with van der Waals surface area (Å²) in [5.74, 6) is 1.38. The van der Waals surface area contributed by atoms with Crippen molar-refractivity contribution in [3.8, 4) is 11.6 Å². The molecule has 2 aromatic heterocycles. The Morgan fingerprint density at radius 3 is 2.53 bits per heavy atom. The topological polar surface area (TPSA) is 132 Å². The van der Waals surface area contributed by atoms with Crippen molar-refractivity contribution in [3.63, 3.8) is 0 Å². The Kier molecular flexibility index (Phi) is 8.95. The molecule has 0 bridgehead atoms. The third-order valence-corrected chi connectivity index (χ3v) is 5.83. The molecule has 0 saturated carbocycles. The molecule has 0 radical (unpaired) electrons. The molecule has 11 nitrogen and oxygen atoms in total. The number of hydrogen-bond donors (Lipinski definition) is 3. The zero-order chi connectivity index (χ0) is 28.0. The number of ether oxygens (including phenoxy) is 1. The Balaban J connectivity index is 1.87. The van der Waals surface area contributed by atoms with E-state index < -0.39 is 0 Å². The van der Waals surface area contributed by atoms with Crippen molar-refractivity contribution in [2.45, 2.75) is 27.7 Å². The zero-order valence-corrected chi connectivity index (χ0v) is 23.4. The second-order valence-electron chi connectivity index (χ2n) is 10.3. The zero-order valence-electron chi connectivity index (χ0n) is 23.4. The van der Waals surface area contributed by atoms with Crippen LogP contribution >= 0.6 is 0 Å². The fourth-order valence-electron chi connectivity index (χ4n) is 3.21. The van der Waals surface area contributed by atoms with E-state index in [0.29, 0.717) is 39.8 Å². The van der Waals surface area contributed by atoms with Gasteiger partial charge >= 0.3 is 0 Å². The van der Waals surface area contributed by atoms with Crippen LogP contribution in [0.15, 0.2) is 42.6 Å². The first-order valence-corrected chi connectivity index (χ1v) is 12.3. The first-order valence-electron chi connectivity index (χ1n) is 12.3. The second kappa shape index (κ2) is 12.0. The lowest BCUT2D eigenvalue weighted by Crippen LogP contribution is -2.31. The van der Waals surface area contributed by atoms with Crippen molar-refractivity contribution < 1.29 is 9.53 Å². The fourth-order valence-corrected chi connectivity index (χ4v) is 3.21. The van der Waals surface area contributed by atoms with Crippen molar-refractivity contribution >= 4 is 28.6 Å². The molecule has 2 heterocycles. The van der Waals surface area contributed by atoms with Crippen LogP contribution in [0.25, 0.3) is 11.0 Å². The van der Waals surface area contributed by atoms with Gasteiger partial charge in [0.25, 0.3) is 5.91 Å². The van der Waals surface area contributed by atoms with E-state index in [2.05, 4.69) is 35.5 Å². The highest BCUT2D eigenvalue weighted by molar-refractivity contribution is 5.99. The average Bonchev–Trinajstić information content (AvgIpc) is 2.87. The summed E-state index contributed by atoms with van der Waals surface area (Å²) >= 11 is 0. The molecule has 11 heteroatoms. The minimum atomic E-state index is -0.345. The highest BCUT2D eigenvalue weighted by Gasteiger charge is 2.18. The number of carbonyl (C=O) groups excluding carboxylic acids is 1. The summed E-state index contributed by atoms with van der Waals surface area (Å²) < 4.78 is 6.17. The molecule has 0 spiro atoms. The summed E-state index contributed by atoms with van der Waals surface area (Å²) in [4.78, 5) is 34.8. The van der Waals surface area contributed by atoms with Gasteiger partial charge in [0.2, 0.25) is 11.8 Å². The Hall–Kier alpha value is -4.12. The number of anilines is 1. The smallest absolute Gasteiger partial charge is 0.256 e. The van der Waals surface area contributed by atoms with Gasteiger partial charge in [-0.05, 0) is 44.8 Å². The lowest BCUT2D eigenvalue weighted by atomic mass is 9.90. The van der Waals surface area contributed by atoms with Crippen LogP contribution in [0.2, 0.25) is 0 Å². The minimum Gasteiger partial charge on any atom is -0.437 e. The molecule has 0 aliphatic rings. The molecule has 38 heavy (non-hydrogen) atoms. The number of benzene rings is 1. The Labute approximate surface area is 223 Å². The van der Waals surface area contributed by atoms with E-state index in [9.17, 15) is 4.79 Å². The normalized spacial score (nSPS) is 12.0. The number of rotatable bonds is 10. The number of fused-ring (bicyclic) bond motifs is 1. The highest BCUT2D eigenvalue weighted by Crippen LogP contribution is 2.29. The van der Waals surface area contributed by atoms with Crippen LogP contribution in [0, 0.1) is 17.7 Å². The van der Waals surface area contributed by atoms with E-state index in [4.69, 9.17) is 10.1 Å². The molecule has 1 amide bonds. The van der Waals surface area contributed by atoms with Crippen molar-refractivity contribution in [2.24, 2.45) is 5.41 Å². The monoisotopic (exact) mass is 519 g/mol. The minimum absolute atomic E-state index is 0.273. The number of nitrogens with one attached hydrogen (secondary N) is 3. The SMILES string of the molecule is CN/C(=C\C(=N)C(C)(C)C)NC(=O)c1ccc(C)c(Oc2ncnc3cnc(N(C)CCN(C)C)nc23)c1. The van der Waals surface area contributed by atoms with Gasteiger partial charge in [0.1, 0.15) is 23.4 Å². The molecule has 202 valence electrons. The van der Waals surface area contributed by atoms with Gasteiger partial charge in [-0.1, -0.05) is 26.8 Å². The van der Waals surface area contributed by atoms with Crippen LogP contribution in [-0.2, 0) is 0 Å². The van der Waals surface area contributed by atoms with E-state index in [-0.39, 0.29) is 17.2 Å². The fraction of sp³-hybridized carbons (Fsp3) is 0.407. The van der Waals surface area contributed by atoms with E-state index in [0.717, 1.165) is 18.7 Å².